The quantitative estimate of drug-likeness (QED) is 0.490. The lowest BCUT2D eigenvalue weighted by Crippen LogP contribution is -2.35. The number of aliphatic hydroxyl groups is 3. The van der Waals surface area contributed by atoms with Gasteiger partial charge in [0.15, 0.2) is 0 Å². The van der Waals surface area contributed by atoms with Crippen molar-refractivity contribution in [3.8, 4) is 0 Å². The van der Waals surface area contributed by atoms with E-state index in [1.165, 1.54) is 31.3 Å². The van der Waals surface area contributed by atoms with E-state index in [1.54, 1.807) is 0 Å². The molecule has 2 unspecified atom stereocenters. The molecule has 0 bridgehead atoms. The average molecular weight is 429 g/mol. The molecular formula is C28H44O3. The van der Waals surface area contributed by atoms with Gasteiger partial charge >= 0.3 is 0 Å². The Labute approximate surface area is 189 Å². The van der Waals surface area contributed by atoms with Crippen molar-refractivity contribution in [3.05, 3.63) is 47.6 Å². The molecule has 7 atom stereocenters. The van der Waals surface area contributed by atoms with E-state index in [9.17, 15) is 15.3 Å². The first kappa shape index (κ1) is 24.5. The zero-order valence-electron chi connectivity index (χ0n) is 20.3. The van der Waals surface area contributed by atoms with Crippen molar-refractivity contribution in [2.75, 3.05) is 0 Å². The average Bonchev–Trinajstić information content (AvgIpc) is 3.04. The molecule has 0 saturated heterocycles. The molecule has 3 saturated carbocycles. The highest BCUT2D eigenvalue weighted by Crippen LogP contribution is 2.59. The first-order valence-electron chi connectivity index (χ1n) is 12.3. The molecule has 3 nitrogen and oxygen atoms in total. The summed E-state index contributed by atoms with van der Waals surface area (Å²) in [4.78, 5) is 0. The molecule has 3 aliphatic rings. The van der Waals surface area contributed by atoms with E-state index in [2.05, 4.69) is 51.7 Å². The third-order valence-electron chi connectivity index (χ3n) is 8.75. The Bertz CT molecular complexity index is 753. The second-order valence-electron chi connectivity index (χ2n) is 11.4. The van der Waals surface area contributed by atoms with Crippen LogP contribution in [0.2, 0.25) is 0 Å². The van der Waals surface area contributed by atoms with Crippen LogP contribution in [-0.2, 0) is 0 Å². The van der Waals surface area contributed by atoms with E-state index in [4.69, 9.17) is 0 Å². The molecule has 3 aliphatic carbocycles. The maximum absolute atomic E-state index is 10.3. The molecule has 0 aliphatic heterocycles. The van der Waals surface area contributed by atoms with Crippen molar-refractivity contribution < 1.29 is 15.3 Å². The lowest BCUT2D eigenvalue weighted by molar-refractivity contribution is 0.0436. The number of hydrogen-bond acceptors (Lipinski definition) is 3. The van der Waals surface area contributed by atoms with Crippen molar-refractivity contribution in [1.82, 2.24) is 0 Å². The van der Waals surface area contributed by atoms with Crippen LogP contribution in [0.25, 0.3) is 0 Å². The fraction of sp³-hybridized carbons (Fsp3) is 0.714. The zero-order valence-corrected chi connectivity index (χ0v) is 20.3. The van der Waals surface area contributed by atoms with Gasteiger partial charge < -0.3 is 15.3 Å². The van der Waals surface area contributed by atoms with Gasteiger partial charge in [-0.2, -0.15) is 0 Å². The maximum Gasteiger partial charge on any atom is 0.0811 e. The van der Waals surface area contributed by atoms with Crippen LogP contribution in [0, 0.1) is 29.1 Å². The van der Waals surface area contributed by atoms with Crippen LogP contribution >= 0.6 is 0 Å². The highest BCUT2D eigenvalue weighted by Gasteiger charge is 2.50. The Morgan fingerprint density at radius 2 is 1.84 bits per heavy atom. The Balaban J connectivity index is 1.76. The highest BCUT2D eigenvalue weighted by molar-refractivity contribution is 5.38. The first-order valence-corrected chi connectivity index (χ1v) is 12.3. The van der Waals surface area contributed by atoms with E-state index in [-0.39, 0.29) is 5.92 Å². The largest absolute Gasteiger partial charge is 0.393 e. The van der Waals surface area contributed by atoms with Gasteiger partial charge in [-0.3, -0.25) is 0 Å². The monoisotopic (exact) mass is 428 g/mol. The fourth-order valence-corrected chi connectivity index (χ4v) is 6.32. The van der Waals surface area contributed by atoms with Gasteiger partial charge in [-0.25, -0.2) is 0 Å². The minimum atomic E-state index is -0.684. The smallest absolute Gasteiger partial charge is 0.0811 e. The molecule has 3 heteroatoms. The van der Waals surface area contributed by atoms with Crippen LogP contribution in [0.1, 0.15) is 79.6 Å². The van der Waals surface area contributed by atoms with Crippen molar-refractivity contribution in [1.29, 1.82) is 0 Å². The van der Waals surface area contributed by atoms with Gasteiger partial charge in [0.05, 0.1) is 17.8 Å². The normalized spacial score (nSPS) is 39.3. The van der Waals surface area contributed by atoms with E-state index >= 15 is 0 Å². The predicted molar refractivity (Wildman–Crippen MR) is 128 cm³/mol. The number of fused-ring (bicyclic) bond motifs is 1. The van der Waals surface area contributed by atoms with Gasteiger partial charge in [-0.05, 0) is 86.7 Å². The number of rotatable bonds is 5. The molecule has 0 radical (unpaired) electrons. The van der Waals surface area contributed by atoms with Crippen molar-refractivity contribution in [2.45, 2.75) is 97.4 Å². The van der Waals surface area contributed by atoms with Gasteiger partial charge in [0.2, 0.25) is 0 Å². The molecule has 31 heavy (non-hydrogen) atoms. The summed E-state index contributed by atoms with van der Waals surface area (Å²) in [5.74, 6) is 1.91. The van der Waals surface area contributed by atoms with Crippen LogP contribution in [0.15, 0.2) is 47.6 Å². The van der Waals surface area contributed by atoms with Crippen molar-refractivity contribution >= 4 is 0 Å². The summed E-state index contributed by atoms with van der Waals surface area (Å²) in [5, 5.41) is 30.4. The lowest BCUT2D eigenvalue weighted by atomic mass is 9.61. The molecule has 0 aromatic rings. The molecule has 0 aromatic carbocycles. The van der Waals surface area contributed by atoms with Crippen LogP contribution in [0.5, 0.6) is 0 Å². The number of hydrogen-bond donors (Lipinski definition) is 3. The Kier molecular flexibility index (Phi) is 7.40. The molecule has 0 heterocycles. The summed E-state index contributed by atoms with van der Waals surface area (Å²) in [6.07, 6.45) is 15.0. The van der Waals surface area contributed by atoms with Gasteiger partial charge in [0, 0.05) is 12.3 Å². The zero-order chi connectivity index (χ0) is 23.0. The summed E-state index contributed by atoms with van der Waals surface area (Å²) >= 11 is 0. The molecule has 174 valence electrons. The summed E-state index contributed by atoms with van der Waals surface area (Å²) in [5.41, 5.74) is 2.93. The second kappa shape index (κ2) is 9.37. The molecule has 3 rings (SSSR count). The predicted octanol–water partition coefficient (Wildman–Crippen LogP) is 5.73. The molecule has 0 aromatic heterocycles. The molecule has 3 N–H and O–H groups in total. The van der Waals surface area contributed by atoms with Gasteiger partial charge in [0.25, 0.3) is 0 Å². The summed E-state index contributed by atoms with van der Waals surface area (Å²) in [7, 11) is 0. The summed E-state index contributed by atoms with van der Waals surface area (Å²) < 4.78 is 0. The SMILES string of the molecule is C=C1C(=CC=C2CCC[C@@]3(C)C2CC[C@@H]3[C@H](C)/C=C\[C@H](C)C(C)(C)O)C[C@@H](O)CC1O. The van der Waals surface area contributed by atoms with E-state index in [0.717, 1.165) is 17.6 Å². The lowest BCUT2D eigenvalue weighted by Gasteiger charge is -2.44. The van der Waals surface area contributed by atoms with E-state index in [1.807, 2.05) is 13.8 Å². The van der Waals surface area contributed by atoms with Crippen LogP contribution < -0.4 is 0 Å². The highest BCUT2D eigenvalue weighted by atomic mass is 16.3. The van der Waals surface area contributed by atoms with Gasteiger partial charge in [0.1, 0.15) is 0 Å². The second-order valence-corrected chi connectivity index (χ2v) is 11.4. The van der Waals surface area contributed by atoms with Crippen LogP contribution in [-0.4, -0.2) is 33.1 Å². The first-order chi connectivity index (χ1) is 14.4. The van der Waals surface area contributed by atoms with E-state index < -0.39 is 17.8 Å². The Morgan fingerprint density at radius 3 is 2.52 bits per heavy atom. The van der Waals surface area contributed by atoms with Gasteiger partial charge in [-0.1, -0.05) is 57.2 Å². The van der Waals surface area contributed by atoms with Gasteiger partial charge in [-0.15, -0.1) is 0 Å². The Hall–Kier alpha value is -1.16. The summed E-state index contributed by atoms with van der Waals surface area (Å²) in [6, 6.07) is 0. The number of aliphatic hydroxyl groups excluding tert-OH is 2. The molecule has 0 amide bonds. The minimum absolute atomic E-state index is 0.141. The van der Waals surface area contributed by atoms with Crippen molar-refractivity contribution in [2.24, 2.45) is 29.1 Å². The molecular weight excluding hydrogens is 384 g/mol. The van der Waals surface area contributed by atoms with Crippen LogP contribution in [0.4, 0.5) is 0 Å². The fourth-order valence-electron chi connectivity index (χ4n) is 6.32. The maximum atomic E-state index is 10.3. The summed E-state index contributed by atoms with van der Waals surface area (Å²) in [6.45, 7) is 14.7. The third kappa shape index (κ3) is 5.26. The Morgan fingerprint density at radius 1 is 1.13 bits per heavy atom. The van der Waals surface area contributed by atoms with Crippen LogP contribution in [0.3, 0.4) is 0 Å². The minimum Gasteiger partial charge on any atom is -0.393 e. The van der Waals surface area contributed by atoms with E-state index in [0.29, 0.717) is 36.0 Å². The number of allylic oxidation sites excluding steroid dienone is 4. The molecule has 0 spiro atoms. The standard InChI is InChI=1S/C28H44O3/c1-18(9-10-19(2)27(4,5)31)24-13-14-25-21(8-7-15-28(24,25)6)11-12-22-16-23(29)17-26(30)20(22)3/h9-12,18-19,23-26,29-31H,3,7-8,13-17H2,1-2,4-6H3/b10-9-,21-11?,22-12?/t18-,19+,23-,24-,25?,26?,28-/m1/s1. The topological polar surface area (TPSA) is 60.7 Å². The third-order valence-corrected chi connectivity index (χ3v) is 8.75. The van der Waals surface area contributed by atoms with Crippen molar-refractivity contribution in [3.63, 3.8) is 0 Å². The molecule has 3 fully saturated rings.